The maximum atomic E-state index is 6.13. The minimum absolute atomic E-state index is 0.838. The summed E-state index contributed by atoms with van der Waals surface area (Å²) in [5, 5.41) is 4.60. The van der Waals surface area contributed by atoms with Crippen molar-refractivity contribution in [2.24, 2.45) is 5.92 Å². The predicted molar refractivity (Wildman–Crippen MR) is 88.5 cm³/mol. The van der Waals surface area contributed by atoms with Crippen LogP contribution in [0.3, 0.4) is 0 Å². The third-order valence-corrected chi connectivity index (χ3v) is 5.19. The molecule has 3 rings (SSSR count). The summed E-state index contributed by atoms with van der Waals surface area (Å²) in [4.78, 5) is 4.54. The number of nitrogens with one attached hydrogen (secondary N) is 1. The van der Waals surface area contributed by atoms with Crippen LogP contribution < -0.4 is 11.1 Å². The number of hydrogen-bond donors (Lipinski definition) is 2. The molecule has 2 aromatic rings. The van der Waals surface area contributed by atoms with Gasteiger partial charge in [-0.25, -0.2) is 4.98 Å². The van der Waals surface area contributed by atoms with Gasteiger partial charge in [0.05, 0.1) is 26.6 Å². The fourth-order valence-corrected chi connectivity index (χ4v) is 4.00. The second-order valence-corrected chi connectivity index (χ2v) is 7.09. The van der Waals surface area contributed by atoms with Gasteiger partial charge in [-0.1, -0.05) is 32.1 Å². The molecule has 1 aliphatic carbocycles. The molecule has 0 radical (unpaired) electrons. The summed E-state index contributed by atoms with van der Waals surface area (Å²) in [5.41, 5.74) is 9.07. The summed E-state index contributed by atoms with van der Waals surface area (Å²) in [5.74, 6) is 0.905. The molecule has 0 aliphatic heterocycles. The Morgan fingerprint density at radius 3 is 2.90 bits per heavy atom. The Morgan fingerprint density at radius 2 is 2.10 bits per heavy atom. The van der Waals surface area contributed by atoms with Gasteiger partial charge in [0.2, 0.25) is 0 Å². The van der Waals surface area contributed by atoms with Gasteiger partial charge in [0, 0.05) is 6.54 Å². The molecule has 0 bridgehead atoms. The SMILES string of the molecule is Cc1nc2cc(NCCC3CCCCC3)c(N)cc2s1. The number of hydrogen-bond acceptors (Lipinski definition) is 4. The van der Waals surface area contributed by atoms with Crippen molar-refractivity contribution >= 4 is 32.9 Å². The summed E-state index contributed by atoms with van der Waals surface area (Å²) in [7, 11) is 0. The molecule has 1 saturated carbocycles. The molecule has 0 unspecified atom stereocenters. The Balaban J connectivity index is 1.62. The molecule has 0 spiro atoms. The van der Waals surface area contributed by atoms with Crippen molar-refractivity contribution in [3.63, 3.8) is 0 Å². The van der Waals surface area contributed by atoms with E-state index in [0.29, 0.717) is 0 Å². The van der Waals surface area contributed by atoms with E-state index in [4.69, 9.17) is 5.73 Å². The minimum Gasteiger partial charge on any atom is -0.397 e. The van der Waals surface area contributed by atoms with E-state index in [-0.39, 0.29) is 0 Å². The number of anilines is 2. The first-order chi connectivity index (χ1) is 9.72. The van der Waals surface area contributed by atoms with Crippen molar-refractivity contribution in [3.8, 4) is 0 Å². The van der Waals surface area contributed by atoms with Gasteiger partial charge >= 0.3 is 0 Å². The normalized spacial score (nSPS) is 16.6. The maximum Gasteiger partial charge on any atom is 0.0907 e. The van der Waals surface area contributed by atoms with E-state index >= 15 is 0 Å². The summed E-state index contributed by atoms with van der Waals surface area (Å²) >= 11 is 1.70. The minimum atomic E-state index is 0.838. The molecule has 3 nitrogen and oxygen atoms in total. The third kappa shape index (κ3) is 3.06. The van der Waals surface area contributed by atoms with Crippen molar-refractivity contribution < 1.29 is 0 Å². The Labute approximate surface area is 124 Å². The van der Waals surface area contributed by atoms with Gasteiger partial charge in [-0.2, -0.15) is 0 Å². The maximum absolute atomic E-state index is 6.13. The number of nitrogens with zero attached hydrogens (tertiary/aromatic N) is 1. The fourth-order valence-electron chi connectivity index (χ4n) is 3.14. The number of thiazole rings is 1. The Kier molecular flexibility index (Phi) is 4.10. The molecule has 0 amide bonds. The number of benzene rings is 1. The van der Waals surface area contributed by atoms with E-state index in [1.807, 2.05) is 13.0 Å². The topological polar surface area (TPSA) is 50.9 Å². The first-order valence-electron chi connectivity index (χ1n) is 7.63. The molecule has 4 heteroatoms. The largest absolute Gasteiger partial charge is 0.397 e. The molecule has 0 atom stereocenters. The number of aromatic nitrogens is 1. The van der Waals surface area contributed by atoms with Crippen LogP contribution in [0.4, 0.5) is 11.4 Å². The van der Waals surface area contributed by atoms with Crippen LogP contribution in [0.5, 0.6) is 0 Å². The zero-order valence-corrected chi connectivity index (χ0v) is 12.9. The summed E-state index contributed by atoms with van der Waals surface area (Å²) in [6.45, 7) is 3.06. The first-order valence-corrected chi connectivity index (χ1v) is 8.44. The third-order valence-electron chi connectivity index (χ3n) is 4.26. The molecule has 1 fully saturated rings. The van der Waals surface area contributed by atoms with Crippen molar-refractivity contribution in [2.45, 2.75) is 45.4 Å². The average Bonchev–Trinajstić information content (AvgIpc) is 2.79. The van der Waals surface area contributed by atoms with Gasteiger partial charge in [-0.15, -0.1) is 11.3 Å². The van der Waals surface area contributed by atoms with Gasteiger partial charge < -0.3 is 11.1 Å². The molecule has 108 valence electrons. The van der Waals surface area contributed by atoms with E-state index in [1.165, 1.54) is 43.2 Å². The second-order valence-electron chi connectivity index (χ2n) is 5.86. The highest BCUT2D eigenvalue weighted by atomic mass is 32.1. The molecule has 1 aliphatic rings. The van der Waals surface area contributed by atoms with Gasteiger partial charge in [-0.3, -0.25) is 0 Å². The average molecular weight is 289 g/mol. The Bertz CT molecular complexity index is 585. The second kappa shape index (κ2) is 6.00. The number of rotatable bonds is 4. The van der Waals surface area contributed by atoms with Crippen molar-refractivity contribution in [1.82, 2.24) is 4.98 Å². The van der Waals surface area contributed by atoms with Crippen molar-refractivity contribution in [3.05, 3.63) is 17.1 Å². The Morgan fingerprint density at radius 1 is 1.30 bits per heavy atom. The van der Waals surface area contributed by atoms with Crippen LogP contribution in [0.15, 0.2) is 12.1 Å². The zero-order valence-electron chi connectivity index (χ0n) is 12.1. The lowest BCUT2D eigenvalue weighted by molar-refractivity contribution is 0.345. The zero-order chi connectivity index (χ0) is 13.9. The van der Waals surface area contributed by atoms with Crippen molar-refractivity contribution in [1.29, 1.82) is 0 Å². The smallest absolute Gasteiger partial charge is 0.0907 e. The van der Waals surface area contributed by atoms with Crippen LogP contribution in [-0.2, 0) is 0 Å². The van der Waals surface area contributed by atoms with Crippen LogP contribution in [0.25, 0.3) is 10.2 Å². The predicted octanol–water partition coefficient (Wildman–Crippen LogP) is 4.57. The summed E-state index contributed by atoms with van der Waals surface area (Å²) in [6.07, 6.45) is 8.32. The molecular weight excluding hydrogens is 266 g/mol. The first kappa shape index (κ1) is 13.7. The lowest BCUT2D eigenvalue weighted by Gasteiger charge is -2.21. The van der Waals surface area contributed by atoms with Crippen LogP contribution >= 0.6 is 11.3 Å². The number of fused-ring (bicyclic) bond motifs is 1. The van der Waals surface area contributed by atoms with Crippen molar-refractivity contribution in [2.75, 3.05) is 17.6 Å². The van der Waals surface area contributed by atoms with Crippen LogP contribution in [-0.4, -0.2) is 11.5 Å². The number of nitrogen functional groups attached to an aromatic ring is 1. The Hall–Kier alpha value is -1.29. The van der Waals surface area contributed by atoms with Crippen LogP contribution in [0.1, 0.15) is 43.5 Å². The standard InChI is InChI=1S/C16H23N3S/c1-11-19-15-10-14(13(17)9-16(15)20-11)18-8-7-12-5-3-2-4-6-12/h9-10,12,18H,2-8,17H2,1H3. The van der Waals surface area contributed by atoms with Gasteiger partial charge in [0.1, 0.15) is 0 Å². The summed E-state index contributed by atoms with van der Waals surface area (Å²) < 4.78 is 1.18. The van der Waals surface area contributed by atoms with Crippen LogP contribution in [0.2, 0.25) is 0 Å². The fraction of sp³-hybridized carbons (Fsp3) is 0.562. The molecule has 3 N–H and O–H groups in total. The quantitative estimate of drug-likeness (QED) is 0.811. The van der Waals surface area contributed by atoms with E-state index in [0.717, 1.165) is 34.4 Å². The highest BCUT2D eigenvalue weighted by Gasteiger charge is 2.13. The molecule has 1 aromatic heterocycles. The highest BCUT2D eigenvalue weighted by Crippen LogP contribution is 2.30. The number of nitrogens with two attached hydrogens (primary N) is 1. The molecular formula is C16H23N3S. The van der Waals surface area contributed by atoms with Gasteiger partial charge in [-0.05, 0) is 31.4 Å². The van der Waals surface area contributed by atoms with E-state index in [1.54, 1.807) is 11.3 Å². The van der Waals surface area contributed by atoms with E-state index < -0.39 is 0 Å². The molecule has 20 heavy (non-hydrogen) atoms. The monoisotopic (exact) mass is 289 g/mol. The van der Waals surface area contributed by atoms with Gasteiger partial charge in [0.25, 0.3) is 0 Å². The number of aryl methyl sites for hydroxylation is 1. The van der Waals surface area contributed by atoms with E-state index in [2.05, 4.69) is 16.4 Å². The highest BCUT2D eigenvalue weighted by molar-refractivity contribution is 7.18. The summed E-state index contributed by atoms with van der Waals surface area (Å²) in [6, 6.07) is 4.14. The lowest BCUT2D eigenvalue weighted by atomic mass is 9.87. The van der Waals surface area contributed by atoms with Gasteiger partial charge in [0.15, 0.2) is 0 Å². The molecule has 0 saturated heterocycles. The molecule has 1 aromatic carbocycles. The lowest BCUT2D eigenvalue weighted by Crippen LogP contribution is -2.12. The van der Waals surface area contributed by atoms with E-state index in [9.17, 15) is 0 Å². The van der Waals surface area contributed by atoms with Crippen LogP contribution in [0, 0.1) is 12.8 Å². The molecule has 1 heterocycles.